The van der Waals surface area contributed by atoms with Gasteiger partial charge in [-0.05, 0) is 30.7 Å². The molecule has 0 radical (unpaired) electrons. The summed E-state index contributed by atoms with van der Waals surface area (Å²) in [7, 11) is 1.88. The number of carbonyl (C=O) groups excluding carboxylic acids is 4. The van der Waals surface area contributed by atoms with Crippen LogP contribution in [0, 0.1) is 0 Å². The van der Waals surface area contributed by atoms with Crippen molar-refractivity contribution in [3.63, 3.8) is 0 Å². The molecule has 31 heavy (non-hydrogen) atoms. The van der Waals surface area contributed by atoms with Gasteiger partial charge in [0.2, 0.25) is 11.8 Å². The van der Waals surface area contributed by atoms with Crippen LogP contribution in [0.2, 0.25) is 0 Å². The van der Waals surface area contributed by atoms with Crippen molar-refractivity contribution in [3.05, 3.63) is 47.3 Å². The van der Waals surface area contributed by atoms with Crippen LogP contribution in [0.1, 0.15) is 45.2 Å². The van der Waals surface area contributed by atoms with Gasteiger partial charge in [-0.3, -0.25) is 34.1 Å². The van der Waals surface area contributed by atoms with Crippen LogP contribution in [0.25, 0.3) is 0 Å². The normalized spacial score (nSPS) is 25.9. The largest absolute Gasteiger partial charge is 0.369 e. The zero-order valence-corrected chi connectivity index (χ0v) is 16.9. The average molecular weight is 422 g/mol. The third kappa shape index (κ3) is 3.02. The first-order chi connectivity index (χ1) is 14.8. The summed E-state index contributed by atoms with van der Waals surface area (Å²) in [5, 5.41) is 6.43. The van der Waals surface area contributed by atoms with E-state index in [1.807, 2.05) is 17.8 Å². The Kier molecular flexibility index (Phi) is 4.40. The highest BCUT2D eigenvalue weighted by molar-refractivity contribution is 6.23. The number of nitrogens with two attached hydrogens (primary N) is 1. The second kappa shape index (κ2) is 7.02. The van der Waals surface area contributed by atoms with E-state index in [-0.39, 0.29) is 35.9 Å². The number of carbonyl (C=O) groups is 4. The molecule has 0 saturated carbocycles. The van der Waals surface area contributed by atoms with Crippen LogP contribution in [0.4, 0.5) is 5.69 Å². The third-order valence-corrected chi connectivity index (χ3v) is 6.39. The number of hydrogen-bond acceptors (Lipinski definition) is 7. The number of benzene rings is 1. The fourth-order valence-corrected chi connectivity index (χ4v) is 4.76. The van der Waals surface area contributed by atoms with Gasteiger partial charge in [-0.1, -0.05) is 0 Å². The summed E-state index contributed by atoms with van der Waals surface area (Å²) >= 11 is 0. The molecule has 10 heteroatoms. The van der Waals surface area contributed by atoms with E-state index in [0.29, 0.717) is 13.1 Å². The minimum Gasteiger partial charge on any atom is -0.369 e. The average Bonchev–Trinajstić information content (AvgIpc) is 3.39. The number of amides is 4. The number of rotatable bonds is 3. The molecular formula is C21H22N6O4. The lowest BCUT2D eigenvalue weighted by Crippen LogP contribution is -2.54. The molecule has 160 valence electrons. The van der Waals surface area contributed by atoms with Gasteiger partial charge in [0, 0.05) is 56.1 Å². The Balaban J connectivity index is 1.40. The highest BCUT2D eigenvalue weighted by atomic mass is 16.2. The molecule has 3 atom stereocenters. The molecule has 2 saturated heterocycles. The van der Waals surface area contributed by atoms with E-state index in [1.54, 1.807) is 24.4 Å². The minimum atomic E-state index is -0.969. The minimum absolute atomic E-state index is 0.0934. The van der Waals surface area contributed by atoms with E-state index in [1.165, 1.54) is 0 Å². The quantitative estimate of drug-likeness (QED) is 0.653. The first-order valence-corrected chi connectivity index (χ1v) is 10.2. The van der Waals surface area contributed by atoms with Gasteiger partial charge in [-0.15, -0.1) is 0 Å². The molecule has 0 aliphatic carbocycles. The Labute approximate surface area is 178 Å². The number of aryl methyl sites for hydroxylation is 1. The van der Waals surface area contributed by atoms with Gasteiger partial charge in [0.15, 0.2) is 0 Å². The Bertz CT molecular complexity index is 1120. The Morgan fingerprint density at radius 2 is 1.84 bits per heavy atom. The molecular weight excluding hydrogens is 400 g/mol. The second-order valence-electron chi connectivity index (χ2n) is 8.23. The zero-order chi connectivity index (χ0) is 21.9. The van der Waals surface area contributed by atoms with Crippen molar-refractivity contribution in [1.82, 2.24) is 20.0 Å². The monoisotopic (exact) mass is 422 g/mol. The van der Waals surface area contributed by atoms with Gasteiger partial charge in [0.25, 0.3) is 11.8 Å². The smallest absolute Gasteiger partial charge is 0.262 e. The number of piperidine rings is 1. The van der Waals surface area contributed by atoms with Crippen LogP contribution < -0.4 is 16.0 Å². The molecule has 1 aromatic heterocycles. The van der Waals surface area contributed by atoms with E-state index >= 15 is 0 Å². The van der Waals surface area contributed by atoms with Gasteiger partial charge in [0.1, 0.15) is 6.04 Å². The molecule has 2 fully saturated rings. The molecule has 0 bridgehead atoms. The first-order valence-electron chi connectivity index (χ1n) is 10.2. The SMILES string of the molecule is Cn1nccc1[C@@H]1CN(c2ccc3c(c2)C(=O)N(C2CCC(=O)NC2=O)C3=O)C[C@H]1N. The molecule has 1 aromatic carbocycles. The molecule has 5 rings (SSSR count). The Morgan fingerprint density at radius 1 is 1.06 bits per heavy atom. The number of imide groups is 2. The molecule has 1 unspecified atom stereocenters. The lowest BCUT2D eigenvalue weighted by Gasteiger charge is -2.27. The van der Waals surface area contributed by atoms with E-state index < -0.39 is 29.7 Å². The van der Waals surface area contributed by atoms with E-state index in [2.05, 4.69) is 15.3 Å². The maximum atomic E-state index is 13.0. The lowest BCUT2D eigenvalue weighted by molar-refractivity contribution is -0.136. The van der Waals surface area contributed by atoms with Crippen molar-refractivity contribution in [2.24, 2.45) is 12.8 Å². The highest BCUT2D eigenvalue weighted by Gasteiger charge is 2.45. The van der Waals surface area contributed by atoms with Gasteiger partial charge in [-0.25, -0.2) is 0 Å². The van der Waals surface area contributed by atoms with Crippen molar-refractivity contribution >= 4 is 29.3 Å². The maximum Gasteiger partial charge on any atom is 0.262 e. The highest BCUT2D eigenvalue weighted by Crippen LogP contribution is 2.34. The summed E-state index contributed by atoms with van der Waals surface area (Å²) in [5.74, 6) is -1.93. The van der Waals surface area contributed by atoms with Gasteiger partial charge >= 0.3 is 0 Å². The Morgan fingerprint density at radius 3 is 2.55 bits per heavy atom. The van der Waals surface area contributed by atoms with Gasteiger partial charge in [-0.2, -0.15) is 5.10 Å². The van der Waals surface area contributed by atoms with Crippen molar-refractivity contribution in [2.45, 2.75) is 30.8 Å². The lowest BCUT2D eigenvalue weighted by atomic mass is 10.0. The Hall–Kier alpha value is -3.53. The number of fused-ring (bicyclic) bond motifs is 1. The molecule has 3 aliphatic heterocycles. The van der Waals surface area contributed by atoms with E-state index in [9.17, 15) is 19.2 Å². The van der Waals surface area contributed by atoms with Crippen molar-refractivity contribution < 1.29 is 19.2 Å². The van der Waals surface area contributed by atoms with Crippen molar-refractivity contribution in [3.8, 4) is 0 Å². The van der Waals surface area contributed by atoms with Crippen LogP contribution in [-0.4, -0.2) is 63.5 Å². The summed E-state index contributed by atoms with van der Waals surface area (Å²) in [5.41, 5.74) is 8.77. The van der Waals surface area contributed by atoms with Crippen LogP contribution in [0.5, 0.6) is 0 Å². The molecule has 2 aromatic rings. The van der Waals surface area contributed by atoms with Crippen molar-refractivity contribution in [1.29, 1.82) is 0 Å². The fourth-order valence-electron chi connectivity index (χ4n) is 4.76. The number of nitrogens with one attached hydrogen (secondary N) is 1. The molecule has 0 spiro atoms. The van der Waals surface area contributed by atoms with Gasteiger partial charge in [0.05, 0.1) is 11.1 Å². The zero-order valence-electron chi connectivity index (χ0n) is 16.9. The molecule has 4 heterocycles. The topological polar surface area (TPSA) is 131 Å². The molecule has 10 nitrogen and oxygen atoms in total. The van der Waals surface area contributed by atoms with Gasteiger partial charge < -0.3 is 10.6 Å². The number of anilines is 1. The summed E-state index contributed by atoms with van der Waals surface area (Å²) in [6.45, 7) is 1.27. The maximum absolute atomic E-state index is 13.0. The number of hydrogen-bond donors (Lipinski definition) is 2. The van der Waals surface area contributed by atoms with E-state index in [4.69, 9.17) is 5.73 Å². The number of nitrogens with zero attached hydrogens (tertiary/aromatic N) is 4. The van der Waals surface area contributed by atoms with Crippen LogP contribution in [0.15, 0.2) is 30.5 Å². The third-order valence-electron chi connectivity index (χ3n) is 6.39. The fraction of sp³-hybridized carbons (Fsp3) is 0.381. The summed E-state index contributed by atoms with van der Waals surface area (Å²) in [4.78, 5) is 52.6. The molecule has 3 aliphatic rings. The van der Waals surface area contributed by atoms with Crippen LogP contribution >= 0.6 is 0 Å². The summed E-state index contributed by atoms with van der Waals surface area (Å²) in [6, 6.07) is 6.01. The van der Waals surface area contributed by atoms with Crippen LogP contribution in [0.3, 0.4) is 0 Å². The summed E-state index contributed by atoms with van der Waals surface area (Å²) in [6.07, 6.45) is 1.97. The van der Waals surface area contributed by atoms with Crippen molar-refractivity contribution in [2.75, 3.05) is 18.0 Å². The summed E-state index contributed by atoms with van der Waals surface area (Å²) < 4.78 is 1.82. The standard InChI is InChI=1S/C21H22N6O4/c1-25-16(6-7-23-25)14-9-26(10-15(14)22)11-2-3-12-13(8-11)21(31)27(20(12)30)17-4-5-18(28)24-19(17)29/h2-3,6-8,14-15,17H,4-5,9-10,22H2,1H3,(H,24,28,29)/t14-,15-,17?/m1/s1. The van der Waals surface area contributed by atoms with E-state index in [0.717, 1.165) is 16.3 Å². The molecule has 4 amide bonds. The first kappa shape index (κ1) is 19.4. The predicted molar refractivity (Wildman–Crippen MR) is 109 cm³/mol. The number of aromatic nitrogens is 2. The van der Waals surface area contributed by atoms with Crippen LogP contribution in [-0.2, 0) is 16.6 Å². The predicted octanol–water partition coefficient (Wildman–Crippen LogP) is -0.248. The molecule has 3 N–H and O–H groups in total. The second-order valence-corrected chi connectivity index (χ2v) is 8.23.